The zero-order valence-electron chi connectivity index (χ0n) is 8.25. The van der Waals surface area contributed by atoms with E-state index in [0.29, 0.717) is 12.3 Å². The molecule has 0 spiro atoms. The van der Waals surface area contributed by atoms with Crippen LogP contribution in [-0.2, 0) is 4.74 Å². The molecule has 4 nitrogen and oxygen atoms in total. The molecule has 1 atom stereocenters. The number of halogens is 1. The highest BCUT2D eigenvalue weighted by Gasteiger charge is 2.07. The molecule has 0 aliphatic rings. The lowest BCUT2D eigenvalue weighted by atomic mass is 10.3. The van der Waals surface area contributed by atoms with Crippen LogP contribution in [0.4, 0.5) is 11.4 Å². The van der Waals surface area contributed by atoms with Gasteiger partial charge in [0.15, 0.2) is 0 Å². The molecule has 0 radical (unpaired) electrons. The van der Waals surface area contributed by atoms with Crippen LogP contribution in [0.3, 0.4) is 0 Å². The highest BCUT2D eigenvalue weighted by molar-refractivity contribution is 9.10. The van der Waals surface area contributed by atoms with Gasteiger partial charge in [-0.25, -0.2) is 0 Å². The van der Waals surface area contributed by atoms with Crippen LogP contribution in [-0.4, -0.2) is 24.7 Å². The lowest BCUT2D eigenvalue weighted by Gasteiger charge is -2.16. The lowest BCUT2D eigenvalue weighted by molar-refractivity contribution is 0.190. The van der Waals surface area contributed by atoms with Crippen LogP contribution in [0.25, 0.3) is 0 Å². The van der Waals surface area contributed by atoms with Crippen LogP contribution in [0.2, 0.25) is 0 Å². The van der Waals surface area contributed by atoms with Gasteiger partial charge in [-0.1, -0.05) is 0 Å². The zero-order chi connectivity index (χ0) is 10.6. The zero-order valence-corrected chi connectivity index (χ0v) is 9.84. The summed E-state index contributed by atoms with van der Waals surface area (Å²) < 4.78 is 5.88. The second-order valence-corrected chi connectivity index (χ2v) is 3.94. The third-order valence-corrected chi connectivity index (χ3v) is 2.34. The largest absolute Gasteiger partial charge is 0.396 e. The summed E-state index contributed by atoms with van der Waals surface area (Å²) in [5.74, 6) is 0. The van der Waals surface area contributed by atoms with Crippen LogP contribution in [0.5, 0.6) is 0 Å². The fraction of sp³-hybridized carbons (Fsp3) is 0.444. The summed E-state index contributed by atoms with van der Waals surface area (Å²) >= 11 is 3.38. The fourth-order valence-electron chi connectivity index (χ4n) is 1.14. The first-order valence-corrected chi connectivity index (χ1v) is 5.09. The summed E-state index contributed by atoms with van der Waals surface area (Å²) in [6, 6.07) is 0.209. The molecule has 3 N–H and O–H groups in total. The monoisotopic (exact) mass is 259 g/mol. The van der Waals surface area contributed by atoms with Crippen molar-refractivity contribution in [3.63, 3.8) is 0 Å². The van der Waals surface area contributed by atoms with E-state index < -0.39 is 0 Å². The minimum absolute atomic E-state index is 0.209. The molecule has 1 heterocycles. The molecular weight excluding hydrogens is 246 g/mol. The van der Waals surface area contributed by atoms with Crippen molar-refractivity contribution in [2.24, 2.45) is 0 Å². The second-order valence-electron chi connectivity index (χ2n) is 3.09. The van der Waals surface area contributed by atoms with Crippen molar-refractivity contribution in [1.82, 2.24) is 4.98 Å². The van der Waals surface area contributed by atoms with Crippen LogP contribution in [0, 0.1) is 0 Å². The third kappa shape index (κ3) is 2.85. The van der Waals surface area contributed by atoms with Gasteiger partial charge >= 0.3 is 0 Å². The Hall–Kier alpha value is -0.810. The number of nitrogens with one attached hydrogen (secondary N) is 1. The quantitative estimate of drug-likeness (QED) is 0.867. The molecule has 0 bridgehead atoms. The Morgan fingerprint density at radius 2 is 2.36 bits per heavy atom. The van der Waals surface area contributed by atoms with Crippen molar-refractivity contribution in [2.45, 2.75) is 13.0 Å². The Balaban J connectivity index is 2.75. The highest BCUT2D eigenvalue weighted by Crippen LogP contribution is 2.27. The van der Waals surface area contributed by atoms with Crippen molar-refractivity contribution < 1.29 is 4.74 Å². The maximum Gasteiger partial charge on any atom is 0.0752 e. The predicted octanol–water partition coefficient (Wildman–Crippen LogP) is 1.87. The van der Waals surface area contributed by atoms with Gasteiger partial charge < -0.3 is 15.8 Å². The smallest absolute Gasteiger partial charge is 0.0752 e. The Kier molecular flexibility index (Phi) is 4.16. The average molecular weight is 260 g/mol. The molecule has 0 saturated carbocycles. The molecule has 1 unspecified atom stereocenters. The minimum atomic E-state index is 0.209. The van der Waals surface area contributed by atoms with Crippen molar-refractivity contribution in [2.75, 3.05) is 24.8 Å². The number of aromatic nitrogens is 1. The summed E-state index contributed by atoms with van der Waals surface area (Å²) in [5.41, 5.74) is 7.26. The maximum atomic E-state index is 5.77. The first-order valence-electron chi connectivity index (χ1n) is 4.29. The van der Waals surface area contributed by atoms with Gasteiger partial charge in [0.1, 0.15) is 0 Å². The number of ether oxygens (including phenoxy) is 1. The van der Waals surface area contributed by atoms with E-state index in [1.165, 1.54) is 0 Å². The third-order valence-electron chi connectivity index (χ3n) is 1.74. The van der Waals surface area contributed by atoms with E-state index in [0.717, 1.165) is 10.2 Å². The van der Waals surface area contributed by atoms with Gasteiger partial charge in [0.05, 0.1) is 28.7 Å². The molecule has 0 fully saturated rings. The maximum absolute atomic E-state index is 5.77. The number of nitrogen functional groups attached to an aromatic ring is 1. The van der Waals surface area contributed by atoms with Gasteiger partial charge in [-0.3, -0.25) is 4.98 Å². The molecule has 0 saturated heterocycles. The van der Waals surface area contributed by atoms with Gasteiger partial charge in [-0.2, -0.15) is 0 Å². The molecular formula is C9H14BrN3O. The molecule has 0 aliphatic heterocycles. The fourth-order valence-corrected chi connectivity index (χ4v) is 1.60. The van der Waals surface area contributed by atoms with E-state index in [4.69, 9.17) is 10.5 Å². The average Bonchev–Trinajstić information content (AvgIpc) is 2.12. The minimum Gasteiger partial charge on any atom is -0.396 e. The number of nitrogens with two attached hydrogens (primary N) is 1. The van der Waals surface area contributed by atoms with Crippen molar-refractivity contribution in [3.8, 4) is 0 Å². The van der Waals surface area contributed by atoms with Crippen molar-refractivity contribution in [1.29, 1.82) is 0 Å². The Morgan fingerprint density at radius 3 is 2.93 bits per heavy atom. The summed E-state index contributed by atoms with van der Waals surface area (Å²) in [6.07, 6.45) is 3.32. The summed E-state index contributed by atoms with van der Waals surface area (Å²) in [6.45, 7) is 2.66. The lowest BCUT2D eigenvalue weighted by Crippen LogP contribution is -2.21. The number of hydrogen-bond acceptors (Lipinski definition) is 4. The molecule has 1 rings (SSSR count). The van der Waals surface area contributed by atoms with E-state index in [2.05, 4.69) is 26.2 Å². The molecule has 0 aromatic carbocycles. The van der Waals surface area contributed by atoms with Crippen molar-refractivity contribution >= 4 is 27.3 Å². The molecule has 1 aromatic heterocycles. The molecule has 14 heavy (non-hydrogen) atoms. The van der Waals surface area contributed by atoms with Crippen LogP contribution in [0.1, 0.15) is 6.92 Å². The van der Waals surface area contributed by atoms with Crippen LogP contribution in [0.15, 0.2) is 16.9 Å². The van der Waals surface area contributed by atoms with E-state index in [1.54, 1.807) is 19.5 Å². The Bertz CT molecular complexity index is 286. The summed E-state index contributed by atoms with van der Waals surface area (Å²) in [4.78, 5) is 3.95. The SMILES string of the molecule is COCC(C)Nc1c(N)cncc1Br. The van der Waals surface area contributed by atoms with E-state index in [1.807, 2.05) is 6.92 Å². The van der Waals surface area contributed by atoms with E-state index in [-0.39, 0.29) is 6.04 Å². The first-order chi connectivity index (χ1) is 6.65. The topological polar surface area (TPSA) is 60.2 Å². The molecule has 0 aliphatic carbocycles. The van der Waals surface area contributed by atoms with Gasteiger partial charge in [0.25, 0.3) is 0 Å². The molecule has 0 amide bonds. The molecule has 78 valence electrons. The van der Waals surface area contributed by atoms with Gasteiger partial charge in [0, 0.05) is 19.3 Å². The van der Waals surface area contributed by atoms with Gasteiger partial charge in [-0.15, -0.1) is 0 Å². The standard InChI is InChI=1S/C9H14BrN3O/c1-6(5-14-2)13-9-7(10)3-12-4-8(9)11/h3-4,6H,5,11H2,1-2H3,(H,12,13). The number of nitrogens with zero attached hydrogens (tertiary/aromatic N) is 1. The predicted molar refractivity (Wildman–Crippen MR) is 61.3 cm³/mol. The summed E-state index contributed by atoms with van der Waals surface area (Å²) in [5, 5.41) is 3.24. The number of methoxy groups -OCH3 is 1. The molecule has 1 aromatic rings. The summed E-state index contributed by atoms with van der Waals surface area (Å²) in [7, 11) is 1.67. The van der Waals surface area contributed by atoms with Crippen LogP contribution < -0.4 is 11.1 Å². The van der Waals surface area contributed by atoms with Crippen LogP contribution >= 0.6 is 15.9 Å². The molecule has 5 heteroatoms. The normalized spacial score (nSPS) is 12.5. The number of hydrogen-bond donors (Lipinski definition) is 2. The second kappa shape index (κ2) is 5.17. The Morgan fingerprint density at radius 1 is 1.64 bits per heavy atom. The van der Waals surface area contributed by atoms with Crippen molar-refractivity contribution in [3.05, 3.63) is 16.9 Å². The Labute approximate surface area is 92.0 Å². The number of anilines is 2. The van der Waals surface area contributed by atoms with E-state index in [9.17, 15) is 0 Å². The van der Waals surface area contributed by atoms with E-state index >= 15 is 0 Å². The van der Waals surface area contributed by atoms with Gasteiger partial charge in [0.2, 0.25) is 0 Å². The number of pyridine rings is 1. The number of rotatable bonds is 4. The van der Waals surface area contributed by atoms with Gasteiger partial charge in [-0.05, 0) is 22.9 Å². The highest BCUT2D eigenvalue weighted by atomic mass is 79.9. The first kappa shape index (κ1) is 11.3.